The van der Waals surface area contributed by atoms with E-state index < -0.39 is 14.6 Å². The topological polar surface area (TPSA) is 72.2 Å². The molecule has 4 atom stereocenters. The summed E-state index contributed by atoms with van der Waals surface area (Å²) in [5, 5.41) is 0. The molecule has 0 radical (unpaired) electrons. The van der Waals surface area contributed by atoms with Crippen LogP contribution >= 0.6 is 8.38 Å². The average molecular weight is 490 g/mol. The summed E-state index contributed by atoms with van der Waals surface area (Å²) in [6, 6.07) is 20.3. The van der Waals surface area contributed by atoms with E-state index in [-0.39, 0.29) is 30.5 Å². The predicted molar refractivity (Wildman–Crippen MR) is 136 cm³/mol. The van der Waals surface area contributed by atoms with Gasteiger partial charge in [0.25, 0.3) is 0 Å². The summed E-state index contributed by atoms with van der Waals surface area (Å²) in [4.78, 5) is 0. The standard InChI is InChI=1S/C27H40NO5P/c1-20(2)32-34(33-21(3)4)16-15-24-17-25(29-18-22-11-7-5-8-12-22)26(27(28)31-24)30-19-23-13-9-6-10-14-23/h5-14,20-21,24-27H,15-19,28H2,1-4H3. The van der Waals surface area contributed by atoms with Gasteiger partial charge < -0.3 is 29.0 Å². The summed E-state index contributed by atoms with van der Waals surface area (Å²) >= 11 is 0. The molecule has 0 bridgehead atoms. The van der Waals surface area contributed by atoms with Gasteiger partial charge in [-0.3, -0.25) is 0 Å². The van der Waals surface area contributed by atoms with Crippen molar-refractivity contribution in [2.24, 2.45) is 5.73 Å². The second kappa shape index (κ2) is 14.3. The van der Waals surface area contributed by atoms with Crippen molar-refractivity contribution in [2.75, 3.05) is 6.16 Å². The van der Waals surface area contributed by atoms with Crippen molar-refractivity contribution in [2.45, 2.75) is 90.5 Å². The van der Waals surface area contributed by atoms with Gasteiger partial charge >= 0.3 is 0 Å². The van der Waals surface area contributed by atoms with E-state index in [1.807, 2.05) is 76.2 Å². The third kappa shape index (κ3) is 9.35. The predicted octanol–water partition coefficient (Wildman–Crippen LogP) is 5.78. The largest absolute Gasteiger partial charge is 0.371 e. The zero-order valence-electron chi connectivity index (χ0n) is 20.8. The minimum Gasteiger partial charge on any atom is -0.371 e. The van der Waals surface area contributed by atoms with Crippen LogP contribution in [0.25, 0.3) is 0 Å². The van der Waals surface area contributed by atoms with Crippen LogP contribution in [0.4, 0.5) is 0 Å². The molecule has 2 aromatic carbocycles. The number of nitrogens with two attached hydrogens (primary N) is 1. The van der Waals surface area contributed by atoms with Crippen LogP contribution in [0.15, 0.2) is 60.7 Å². The maximum Gasteiger partial charge on any atom is 0.171 e. The van der Waals surface area contributed by atoms with Crippen molar-refractivity contribution >= 4 is 8.38 Å². The molecule has 7 heteroatoms. The molecule has 1 saturated heterocycles. The van der Waals surface area contributed by atoms with Crippen LogP contribution in [-0.2, 0) is 36.5 Å². The monoisotopic (exact) mass is 489 g/mol. The van der Waals surface area contributed by atoms with Gasteiger partial charge in [-0.15, -0.1) is 0 Å². The number of benzene rings is 2. The van der Waals surface area contributed by atoms with Crippen LogP contribution in [0.5, 0.6) is 0 Å². The van der Waals surface area contributed by atoms with Gasteiger partial charge in [0.2, 0.25) is 0 Å². The molecular weight excluding hydrogens is 449 g/mol. The van der Waals surface area contributed by atoms with Gasteiger partial charge in [0.15, 0.2) is 8.38 Å². The molecular formula is C27H40NO5P. The zero-order chi connectivity index (χ0) is 24.3. The highest BCUT2D eigenvalue weighted by Crippen LogP contribution is 2.43. The van der Waals surface area contributed by atoms with E-state index in [0.717, 1.165) is 23.7 Å². The van der Waals surface area contributed by atoms with Crippen LogP contribution in [0.2, 0.25) is 0 Å². The van der Waals surface area contributed by atoms with Gasteiger partial charge in [-0.25, -0.2) is 0 Å². The van der Waals surface area contributed by atoms with Crippen molar-refractivity contribution < 1.29 is 23.3 Å². The summed E-state index contributed by atoms with van der Waals surface area (Å²) in [6.07, 6.45) is 1.44. The summed E-state index contributed by atoms with van der Waals surface area (Å²) in [5.74, 6) is 0. The molecule has 0 amide bonds. The van der Waals surface area contributed by atoms with Crippen molar-refractivity contribution in [1.82, 2.24) is 0 Å². The molecule has 4 unspecified atom stereocenters. The van der Waals surface area contributed by atoms with Crippen LogP contribution in [-0.4, -0.2) is 42.9 Å². The lowest BCUT2D eigenvalue weighted by atomic mass is 9.99. The normalized spacial score (nSPS) is 23.2. The van der Waals surface area contributed by atoms with Gasteiger partial charge in [0.05, 0.1) is 37.6 Å². The Bertz CT molecular complexity index is 797. The number of ether oxygens (including phenoxy) is 3. The number of hydrogen-bond donors (Lipinski definition) is 1. The SMILES string of the molecule is CC(C)OP(CCC1CC(OCc2ccccc2)C(OCc2ccccc2)C(N)O1)OC(C)C. The summed E-state index contributed by atoms with van der Waals surface area (Å²) in [5.41, 5.74) is 8.70. The van der Waals surface area contributed by atoms with Crippen LogP contribution in [0, 0.1) is 0 Å². The highest BCUT2D eigenvalue weighted by molar-refractivity contribution is 7.47. The zero-order valence-corrected chi connectivity index (χ0v) is 21.7. The molecule has 2 aromatic rings. The van der Waals surface area contributed by atoms with Crippen LogP contribution in [0.3, 0.4) is 0 Å². The smallest absolute Gasteiger partial charge is 0.171 e. The van der Waals surface area contributed by atoms with Crippen molar-refractivity contribution in [1.29, 1.82) is 0 Å². The molecule has 2 N–H and O–H groups in total. The van der Waals surface area contributed by atoms with Gasteiger partial charge in [-0.1, -0.05) is 60.7 Å². The maximum atomic E-state index is 6.48. The van der Waals surface area contributed by atoms with Gasteiger partial charge in [-0.2, -0.15) is 0 Å². The summed E-state index contributed by atoms with van der Waals surface area (Å²) in [7, 11) is -0.978. The molecule has 34 heavy (non-hydrogen) atoms. The lowest BCUT2D eigenvalue weighted by Crippen LogP contribution is -2.54. The van der Waals surface area contributed by atoms with Crippen LogP contribution < -0.4 is 5.73 Å². The molecule has 1 fully saturated rings. The third-order valence-electron chi connectivity index (χ3n) is 5.42. The first-order chi connectivity index (χ1) is 16.4. The molecule has 1 heterocycles. The second-order valence-electron chi connectivity index (χ2n) is 9.21. The Morgan fingerprint density at radius 2 is 1.38 bits per heavy atom. The Kier molecular flexibility index (Phi) is 11.4. The molecule has 3 rings (SSSR count). The van der Waals surface area contributed by atoms with E-state index in [4.69, 9.17) is 29.0 Å². The summed E-state index contributed by atoms with van der Waals surface area (Å²) in [6.45, 7) is 9.12. The lowest BCUT2D eigenvalue weighted by Gasteiger charge is -2.40. The van der Waals surface area contributed by atoms with E-state index >= 15 is 0 Å². The maximum absolute atomic E-state index is 6.48. The molecule has 6 nitrogen and oxygen atoms in total. The van der Waals surface area contributed by atoms with Crippen molar-refractivity contribution in [3.05, 3.63) is 71.8 Å². The minimum absolute atomic E-state index is 0.0381. The lowest BCUT2D eigenvalue weighted by molar-refractivity contribution is -0.206. The van der Waals surface area contributed by atoms with E-state index in [1.54, 1.807) is 0 Å². The molecule has 1 aliphatic rings. The van der Waals surface area contributed by atoms with Crippen LogP contribution in [0.1, 0.15) is 51.7 Å². The Morgan fingerprint density at radius 3 is 1.91 bits per heavy atom. The number of rotatable bonds is 13. The van der Waals surface area contributed by atoms with Gasteiger partial charge in [-0.05, 0) is 45.2 Å². The molecule has 1 aliphatic heterocycles. The fourth-order valence-electron chi connectivity index (χ4n) is 3.91. The quantitative estimate of drug-likeness (QED) is 0.360. The highest BCUT2D eigenvalue weighted by atomic mass is 31.2. The Balaban J connectivity index is 1.62. The van der Waals surface area contributed by atoms with E-state index in [1.165, 1.54) is 0 Å². The summed E-state index contributed by atoms with van der Waals surface area (Å²) < 4.78 is 30.8. The van der Waals surface area contributed by atoms with Gasteiger partial charge in [0.1, 0.15) is 12.3 Å². The average Bonchev–Trinajstić information content (AvgIpc) is 2.81. The van der Waals surface area contributed by atoms with Crippen molar-refractivity contribution in [3.63, 3.8) is 0 Å². The van der Waals surface area contributed by atoms with E-state index in [2.05, 4.69) is 12.1 Å². The molecule has 188 valence electrons. The highest BCUT2D eigenvalue weighted by Gasteiger charge is 2.39. The minimum atomic E-state index is -0.978. The fraction of sp³-hybridized carbons (Fsp3) is 0.556. The Morgan fingerprint density at radius 1 is 0.853 bits per heavy atom. The fourth-order valence-corrected chi connectivity index (χ4v) is 5.60. The molecule has 0 aliphatic carbocycles. The Hall–Kier alpha value is -1.37. The first-order valence-corrected chi connectivity index (χ1v) is 13.6. The van der Waals surface area contributed by atoms with Gasteiger partial charge in [0, 0.05) is 12.6 Å². The van der Waals surface area contributed by atoms with Crippen molar-refractivity contribution in [3.8, 4) is 0 Å². The first-order valence-electron chi connectivity index (χ1n) is 12.2. The number of hydrogen-bond acceptors (Lipinski definition) is 6. The van der Waals surface area contributed by atoms with E-state index in [9.17, 15) is 0 Å². The second-order valence-corrected chi connectivity index (χ2v) is 10.7. The molecule has 0 spiro atoms. The molecule has 0 saturated carbocycles. The molecule has 0 aromatic heterocycles. The first kappa shape index (κ1) is 27.2. The van der Waals surface area contributed by atoms with E-state index in [0.29, 0.717) is 19.6 Å². The Labute approximate surface area is 206 Å². The third-order valence-corrected chi connectivity index (χ3v) is 7.35.